The zero-order chi connectivity index (χ0) is 38.7. The lowest BCUT2D eigenvalue weighted by Gasteiger charge is -2.45. The molecule has 3 heterocycles. The van der Waals surface area contributed by atoms with E-state index in [9.17, 15) is 34.1 Å². The number of thioether (sulfide) groups is 1. The SMILES string of the molecule is C[C@H](Sc1ccc(C(=O)N2CCOCC2)cc1)[C@@H](NC(=O)[C@@H]1CC=C(CCCCF)CCN1C(=O)OC(C)(C)C)[C@H]1OC(CN=[N+]=[N-])[C@H](O)C(O)C1O. The normalized spacial score (nSPS) is 26.4. The Morgan fingerprint density at radius 3 is 2.43 bits per heavy atom. The Balaban J connectivity index is 1.63. The van der Waals surface area contributed by atoms with Gasteiger partial charge in [-0.3, -0.25) is 18.9 Å². The third-order valence-corrected chi connectivity index (χ3v) is 10.7. The Morgan fingerprint density at radius 2 is 1.79 bits per heavy atom. The second kappa shape index (κ2) is 19.8. The van der Waals surface area contributed by atoms with Crippen LogP contribution in [-0.2, 0) is 19.0 Å². The van der Waals surface area contributed by atoms with Crippen LogP contribution in [0, 0.1) is 0 Å². The molecule has 1 aromatic carbocycles. The summed E-state index contributed by atoms with van der Waals surface area (Å²) in [5, 5.41) is 38.7. The zero-order valence-corrected chi connectivity index (χ0v) is 31.6. The van der Waals surface area contributed by atoms with Crippen molar-refractivity contribution in [2.24, 2.45) is 5.11 Å². The number of hydrogen-bond acceptors (Lipinski definition) is 11. The second-order valence-electron chi connectivity index (χ2n) is 14.5. The number of nitrogens with zero attached hydrogens (tertiary/aromatic N) is 5. The number of carbonyl (C=O) groups is 3. The van der Waals surface area contributed by atoms with E-state index in [1.165, 1.54) is 16.7 Å². The van der Waals surface area contributed by atoms with Crippen LogP contribution in [0.15, 0.2) is 45.9 Å². The summed E-state index contributed by atoms with van der Waals surface area (Å²) in [5.74, 6) is -0.679. The average Bonchev–Trinajstić information content (AvgIpc) is 3.35. The molecule has 53 heavy (non-hydrogen) atoms. The number of amides is 3. The molecule has 3 amide bonds. The summed E-state index contributed by atoms with van der Waals surface area (Å²) in [7, 11) is 0. The summed E-state index contributed by atoms with van der Waals surface area (Å²) < 4.78 is 30.0. The van der Waals surface area contributed by atoms with Crippen LogP contribution < -0.4 is 5.32 Å². The molecule has 15 nitrogen and oxygen atoms in total. The minimum atomic E-state index is -1.69. The molecule has 4 N–H and O–H groups in total. The number of halogens is 1. The van der Waals surface area contributed by atoms with E-state index in [0.717, 1.165) is 10.5 Å². The van der Waals surface area contributed by atoms with Gasteiger partial charge in [0.05, 0.1) is 38.6 Å². The maximum atomic E-state index is 14.4. The number of morpholine rings is 1. The van der Waals surface area contributed by atoms with E-state index >= 15 is 0 Å². The first kappa shape index (κ1) is 42.3. The molecule has 3 unspecified atom stereocenters. The van der Waals surface area contributed by atoms with Crippen molar-refractivity contribution in [2.75, 3.05) is 46.1 Å². The van der Waals surface area contributed by atoms with Gasteiger partial charge in [0.25, 0.3) is 5.91 Å². The average molecular weight is 765 g/mol. The summed E-state index contributed by atoms with van der Waals surface area (Å²) >= 11 is 1.32. The Bertz CT molecular complexity index is 1470. The second-order valence-corrected chi connectivity index (χ2v) is 15.9. The number of benzene rings is 1. The number of nitrogens with one attached hydrogen (secondary N) is 1. The fourth-order valence-electron chi connectivity index (χ4n) is 6.57. The van der Waals surface area contributed by atoms with Gasteiger partial charge in [0.2, 0.25) is 5.91 Å². The van der Waals surface area contributed by atoms with Crippen LogP contribution in [0.5, 0.6) is 0 Å². The van der Waals surface area contributed by atoms with Crippen LogP contribution in [0.25, 0.3) is 10.4 Å². The standard InChI is InChI=1S/C36H53FN6O9S/c1-22(53-25-11-9-24(10-12-25)34(48)42-17-19-50-20-18-42)28(32-31(46)30(45)29(44)27(51-32)21-39-41-38)40-33(47)26-13-8-23(7-5-6-15-37)14-16-43(26)35(49)52-36(2,3)4/h8-12,22,26-32,44-46H,5-7,13-21H2,1-4H3,(H,40,47)/t22-,26-,27?,28+,29-,30?,31?,32+/m0/s1. The van der Waals surface area contributed by atoms with Gasteiger partial charge >= 0.3 is 6.09 Å². The van der Waals surface area contributed by atoms with Gasteiger partial charge in [-0.1, -0.05) is 23.7 Å². The molecule has 0 saturated carbocycles. The quantitative estimate of drug-likeness (QED) is 0.0572. The highest BCUT2D eigenvalue weighted by Crippen LogP contribution is 2.33. The van der Waals surface area contributed by atoms with Gasteiger partial charge in [-0.25, -0.2) is 4.79 Å². The fourth-order valence-corrected chi connectivity index (χ4v) is 7.67. The largest absolute Gasteiger partial charge is 0.444 e. The minimum Gasteiger partial charge on any atom is -0.444 e. The van der Waals surface area contributed by atoms with E-state index in [4.69, 9.17) is 19.7 Å². The van der Waals surface area contributed by atoms with Crippen LogP contribution in [0.3, 0.4) is 0 Å². The molecule has 0 bridgehead atoms. The lowest BCUT2D eigenvalue weighted by molar-refractivity contribution is -0.225. The lowest BCUT2D eigenvalue weighted by atomic mass is 9.89. The Labute approximate surface area is 313 Å². The van der Waals surface area contributed by atoms with E-state index in [1.807, 2.05) is 6.08 Å². The van der Waals surface area contributed by atoms with Crippen LogP contribution >= 0.6 is 11.8 Å². The van der Waals surface area contributed by atoms with Crippen LogP contribution in [0.4, 0.5) is 9.18 Å². The van der Waals surface area contributed by atoms with Crippen molar-refractivity contribution < 1.29 is 48.3 Å². The first-order valence-electron chi connectivity index (χ1n) is 18.1. The van der Waals surface area contributed by atoms with E-state index < -0.39 is 72.1 Å². The number of azide groups is 1. The molecule has 0 aromatic heterocycles. The van der Waals surface area contributed by atoms with E-state index in [2.05, 4.69) is 15.3 Å². The molecule has 3 aliphatic heterocycles. The monoisotopic (exact) mass is 764 g/mol. The maximum Gasteiger partial charge on any atom is 0.410 e. The highest BCUT2D eigenvalue weighted by Gasteiger charge is 2.49. The van der Waals surface area contributed by atoms with Crippen molar-refractivity contribution in [2.45, 2.75) is 118 Å². The van der Waals surface area contributed by atoms with Crippen LogP contribution in [-0.4, -0.2) is 143 Å². The molecule has 0 spiro atoms. The number of aliphatic hydroxyl groups is 3. The predicted octanol–water partition coefficient (Wildman–Crippen LogP) is 3.75. The Morgan fingerprint density at radius 1 is 1.09 bits per heavy atom. The van der Waals surface area contributed by atoms with Gasteiger partial charge in [0.15, 0.2) is 0 Å². The van der Waals surface area contributed by atoms with Crippen LogP contribution in [0.1, 0.15) is 70.2 Å². The highest BCUT2D eigenvalue weighted by atomic mass is 32.2. The first-order valence-corrected chi connectivity index (χ1v) is 19.0. The molecule has 0 aliphatic carbocycles. The molecule has 4 rings (SSSR count). The predicted molar refractivity (Wildman–Crippen MR) is 195 cm³/mol. The number of ether oxygens (including phenoxy) is 3. The summed E-state index contributed by atoms with van der Waals surface area (Å²) in [6, 6.07) is 4.93. The molecule has 8 atom stereocenters. The van der Waals surface area contributed by atoms with Crippen molar-refractivity contribution in [3.63, 3.8) is 0 Å². The number of unbranched alkanes of at least 4 members (excludes halogenated alkanes) is 1. The van der Waals surface area contributed by atoms with Gasteiger partial charge < -0.3 is 39.7 Å². The third-order valence-electron chi connectivity index (χ3n) is 9.46. The van der Waals surface area contributed by atoms with E-state index in [0.29, 0.717) is 57.6 Å². The number of rotatable bonds is 13. The number of alkyl halides is 1. The molecule has 2 fully saturated rings. The third kappa shape index (κ3) is 11.8. The van der Waals surface area contributed by atoms with E-state index in [-0.39, 0.29) is 25.4 Å². The molecular weight excluding hydrogens is 711 g/mol. The molecule has 294 valence electrons. The molecule has 3 aliphatic rings. The van der Waals surface area contributed by atoms with Gasteiger partial charge in [0, 0.05) is 40.3 Å². The van der Waals surface area contributed by atoms with Gasteiger partial charge in [-0.05, 0) is 82.7 Å². The van der Waals surface area contributed by atoms with Crippen molar-refractivity contribution in [3.8, 4) is 0 Å². The Kier molecular flexibility index (Phi) is 15.8. The highest BCUT2D eigenvalue weighted by molar-refractivity contribution is 8.00. The zero-order valence-electron chi connectivity index (χ0n) is 30.8. The number of hydrogen-bond donors (Lipinski definition) is 4. The van der Waals surface area contributed by atoms with E-state index in [1.54, 1.807) is 56.9 Å². The topological polar surface area (TPSA) is 207 Å². The summed E-state index contributed by atoms with van der Waals surface area (Å²) in [5.41, 5.74) is 9.59. The van der Waals surface area contributed by atoms with Crippen LogP contribution in [0.2, 0.25) is 0 Å². The fraction of sp³-hybridized carbons (Fsp3) is 0.694. The Hall–Kier alpha value is -3.44. The van der Waals surface area contributed by atoms with Crippen molar-refractivity contribution in [3.05, 3.63) is 51.9 Å². The van der Waals surface area contributed by atoms with Crippen molar-refractivity contribution in [1.29, 1.82) is 0 Å². The minimum absolute atomic E-state index is 0.113. The van der Waals surface area contributed by atoms with Crippen molar-refractivity contribution in [1.82, 2.24) is 15.1 Å². The van der Waals surface area contributed by atoms with Gasteiger partial charge in [0.1, 0.15) is 36.1 Å². The molecule has 1 aromatic rings. The summed E-state index contributed by atoms with van der Waals surface area (Å²) in [6.07, 6.45) is -3.88. The maximum absolute atomic E-state index is 14.4. The van der Waals surface area contributed by atoms with Gasteiger partial charge in [-0.2, -0.15) is 0 Å². The molecular formula is C36H53FN6O9S. The molecule has 0 radical (unpaired) electrons. The summed E-state index contributed by atoms with van der Waals surface area (Å²) in [6.45, 7) is 8.34. The number of aliphatic hydroxyl groups excluding tert-OH is 3. The number of carbonyl (C=O) groups excluding carboxylic acids is 3. The smallest absolute Gasteiger partial charge is 0.410 e. The van der Waals surface area contributed by atoms with Crippen molar-refractivity contribution >= 4 is 29.7 Å². The molecule has 17 heteroatoms. The lowest BCUT2D eigenvalue weighted by Crippen LogP contribution is -2.66. The summed E-state index contributed by atoms with van der Waals surface area (Å²) in [4.78, 5) is 47.5. The molecule has 2 saturated heterocycles. The van der Waals surface area contributed by atoms with Gasteiger partial charge in [-0.15, -0.1) is 11.8 Å². The first-order chi connectivity index (χ1) is 25.2.